The summed E-state index contributed by atoms with van der Waals surface area (Å²) in [5, 5.41) is 4.23. The Hall–Kier alpha value is -2.99. The zero-order valence-corrected chi connectivity index (χ0v) is 15.1. The van der Waals surface area contributed by atoms with Crippen LogP contribution >= 0.6 is 0 Å². The second-order valence-electron chi connectivity index (χ2n) is 6.65. The normalized spacial score (nSPS) is 17.0. The number of nitrogens with zero attached hydrogens (tertiary/aromatic N) is 4. The summed E-state index contributed by atoms with van der Waals surface area (Å²) in [4.78, 5) is 19.1. The molecule has 0 aliphatic carbocycles. The van der Waals surface area contributed by atoms with E-state index in [0.717, 1.165) is 30.8 Å². The third kappa shape index (κ3) is 4.23. The van der Waals surface area contributed by atoms with Gasteiger partial charge in [0.2, 0.25) is 0 Å². The second kappa shape index (κ2) is 8.14. The zero-order valence-electron chi connectivity index (χ0n) is 15.1. The first-order valence-corrected chi connectivity index (χ1v) is 9.20. The van der Waals surface area contributed by atoms with Crippen molar-refractivity contribution in [1.82, 2.24) is 19.7 Å². The third-order valence-corrected chi connectivity index (χ3v) is 4.72. The number of carbonyl (C=O) groups excluding carboxylic acids is 1. The van der Waals surface area contributed by atoms with E-state index in [0.29, 0.717) is 18.7 Å². The molecule has 27 heavy (non-hydrogen) atoms. The number of carbonyl (C=O) groups is 1. The van der Waals surface area contributed by atoms with E-state index in [4.69, 9.17) is 4.74 Å². The van der Waals surface area contributed by atoms with Gasteiger partial charge in [0.25, 0.3) is 5.91 Å². The number of benzene rings is 1. The maximum Gasteiger partial charge on any atom is 0.254 e. The van der Waals surface area contributed by atoms with Crippen molar-refractivity contribution in [2.24, 2.45) is 0 Å². The minimum Gasteiger partial charge on any atom is -0.370 e. The van der Waals surface area contributed by atoms with Crippen LogP contribution in [-0.2, 0) is 11.3 Å². The largest absolute Gasteiger partial charge is 0.370 e. The molecule has 4 rings (SSSR count). The van der Waals surface area contributed by atoms with Gasteiger partial charge in [-0.15, -0.1) is 0 Å². The van der Waals surface area contributed by atoms with Gasteiger partial charge in [-0.3, -0.25) is 9.78 Å². The fourth-order valence-corrected chi connectivity index (χ4v) is 3.33. The molecule has 0 spiro atoms. The summed E-state index contributed by atoms with van der Waals surface area (Å²) in [7, 11) is 0. The summed E-state index contributed by atoms with van der Waals surface area (Å²) < 4.78 is 7.75. The van der Waals surface area contributed by atoms with Crippen LogP contribution < -0.4 is 0 Å². The van der Waals surface area contributed by atoms with Crippen LogP contribution in [0.5, 0.6) is 0 Å². The summed E-state index contributed by atoms with van der Waals surface area (Å²) in [6.07, 6.45) is 7.30. The Labute approximate surface area is 158 Å². The van der Waals surface area contributed by atoms with Crippen molar-refractivity contribution in [3.05, 3.63) is 78.4 Å². The van der Waals surface area contributed by atoms with Gasteiger partial charge in [-0.25, -0.2) is 4.68 Å². The van der Waals surface area contributed by atoms with Crippen LogP contribution in [0.3, 0.4) is 0 Å². The molecule has 1 aromatic carbocycles. The number of amides is 1. The monoisotopic (exact) mass is 362 g/mol. The molecule has 2 aromatic heterocycles. The molecule has 1 fully saturated rings. The van der Waals surface area contributed by atoms with Crippen LogP contribution in [0.1, 0.15) is 28.9 Å². The number of hydrogen-bond donors (Lipinski definition) is 0. The number of pyridine rings is 1. The van der Waals surface area contributed by atoms with Crippen LogP contribution in [0.25, 0.3) is 5.69 Å². The molecule has 1 aliphatic heterocycles. The van der Waals surface area contributed by atoms with Crippen molar-refractivity contribution in [3.8, 4) is 5.69 Å². The molecule has 0 unspecified atom stereocenters. The lowest BCUT2D eigenvalue weighted by Gasteiger charge is -2.32. The molecule has 0 radical (unpaired) electrons. The fraction of sp³-hybridized carbons (Fsp3) is 0.286. The lowest BCUT2D eigenvalue weighted by Crippen LogP contribution is -2.43. The predicted molar refractivity (Wildman–Crippen MR) is 102 cm³/mol. The Morgan fingerprint density at radius 1 is 1.15 bits per heavy atom. The van der Waals surface area contributed by atoms with E-state index in [1.54, 1.807) is 17.1 Å². The van der Waals surface area contributed by atoms with Gasteiger partial charge >= 0.3 is 0 Å². The topological polar surface area (TPSA) is 60.2 Å². The molecule has 3 aromatic rings. The first-order chi connectivity index (χ1) is 13.3. The summed E-state index contributed by atoms with van der Waals surface area (Å²) in [6, 6.07) is 15.2. The average Bonchev–Trinajstić information content (AvgIpc) is 3.28. The molecular weight excluding hydrogens is 340 g/mol. The van der Waals surface area contributed by atoms with Gasteiger partial charge in [-0.2, -0.15) is 5.10 Å². The molecule has 0 N–H and O–H groups in total. The highest BCUT2D eigenvalue weighted by Crippen LogP contribution is 2.18. The molecule has 1 atom stereocenters. The van der Waals surface area contributed by atoms with Gasteiger partial charge in [0.1, 0.15) is 0 Å². The molecule has 1 saturated heterocycles. The summed E-state index contributed by atoms with van der Waals surface area (Å²) in [6.45, 7) is 1.84. The van der Waals surface area contributed by atoms with Crippen molar-refractivity contribution in [3.63, 3.8) is 0 Å². The van der Waals surface area contributed by atoms with Gasteiger partial charge in [0.15, 0.2) is 0 Å². The van der Waals surface area contributed by atoms with E-state index in [2.05, 4.69) is 10.1 Å². The number of rotatable bonds is 5. The Morgan fingerprint density at radius 3 is 2.93 bits per heavy atom. The standard InChI is InChI=1S/C21H22N4O2/c26-21(17-6-3-8-19(14-17)25-13-5-11-23-25)24-12-4-9-20(15-24)27-16-18-7-1-2-10-22-18/h1-3,5-8,10-11,13-14,20H,4,9,12,15-16H2/t20-/m1/s1. The van der Waals surface area contributed by atoms with Crippen molar-refractivity contribution < 1.29 is 9.53 Å². The van der Waals surface area contributed by atoms with Crippen LogP contribution in [0.4, 0.5) is 0 Å². The van der Waals surface area contributed by atoms with E-state index < -0.39 is 0 Å². The van der Waals surface area contributed by atoms with Crippen molar-refractivity contribution >= 4 is 5.91 Å². The van der Waals surface area contributed by atoms with Gasteiger partial charge < -0.3 is 9.64 Å². The van der Waals surface area contributed by atoms with Crippen LogP contribution in [0.15, 0.2) is 67.1 Å². The Kier molecular flexibility index (Phi) is 5.25. The molecule has 1 aliphatic rings. The number of likely N-dealkylation sites (tertiary alicyclic amines) is 1. The van der Waals surface area contributed by atoms with Gasteiger partial charge in [-0.1, -0.05) is 12.1 Å². The first-order valence-electron chi connectivity index (χ1n) is 9.20. The minimum atomic E-state index is 0.0372. The lowest BCUT2D eigenvalue weighted by atomic mass is 10.1. The van der Waals surface area contributed by atoms with Crippen LogP contribution in [-0.4, -0.2) is 44.8 Å². The van der Waals surface area contributed by atoms with E-state index in [1.165, 1.54) is 0 Å². The predicted octanol–water partition coefficient (Wildman–Crippen LogP) is 3.09. The number of ether oxygens (including phenoxy) is 1. The van der Waals surface area contributed by atoms with Crippen LogP contribution in [0.2, 0.25) is 0 Å². The summed E-state index contributed by atoms with van der Waals surface area (Å²) in [5.74, 6) is 0.0372. The highest BCUT2D eigenvalue weighted by Gasteiger charge is 2.25. The van der Waals surface area contributed by atoms with E-state index in [1.807, 2.05) is 59.6 Å². The van der Waals surface area contributed by atoms with Crippen molar-refractivity contribution in [1.29, 1.82) is 0 Å². The van der Waals surface area contributed by atoms with Crippen molar-refractivity contribution in [2.75, 3.05) is 13.1 Å². The minimum absolute atomic E-state index is 0.0372. The molecule has 3 heterocycles. The number of aromatic nitrogens is 3. The highest BCUT2D eigenvalue weighted by atomic mass is 16.5. The molecule has 0 bridgehead atoms. The van der Waals surface area contributed by atoms with Crippen molar-refractivity contribution in [2.45, 2.75) is 25.6 Å². The Morgan fingerprint density at radius 2 is 2.11 bits per heavy atom. The molecule has 1 amide bonds. The molecule has 6 nitrogen and oxygen atoms in total. The summed E-state index contributed by atoms with van der Waals surface area (Å²) in [5.41, 5.74) is 2.46. The molecule has 0 saturated carbocycles. The highest BCUT2D eigenvalue weighted by molar-refractivity contribution is 5.94. The fourth-order valence-electron chi connectivity index (χ4n) is 3.33. The molecular formula is C21H22N4O2. The maximum absolute atomic E-state index is 13.0. The SMILES string of the molecule is O=C(c1cccc(-n2cccn2)c1)N1CCC[C@@H](OCc2ccccn2)C1. The zero-order chi connectivity index (χ0) is 18.5. The van der Waals surface area contributed by atoms with E-state index >= 15 is 0 Å². The molecule has 138 valence electrons. The number of piperidine rings is 1. The summed E-state index contributed by atoms with van der Waals surface area (Å²) >= 11 is 0. The average molecular weight is 362 g/mol. The maximum atomic E-state index is 13.0. The van der Waals surface area contributed by atoms with E-state index in [9.17, 15) is 4.79 Å². The molecule has 6 heteroatoms. The van der Waals surface area contributed by atoms with E-state index in [-0.39, 0.29) is 12.0 Å². The second-order valence-corrected chi connectivity index (χ2v) is 6.65. The quantitative estimate of drug-likeness (QED) is 0.700. The number of hydrogen-bond acceptors (Lipinski definition) is 4. The van der Waals surface area contributed by atoms with Crippen LogP contribution in [0, 0.1) is 0 Å². The van der Waals surface area contributed by atoms with Gasteiger partial charge in [0.05, 0.1) is 24.1 Å². The van der Waals surface area contributed by atoms with Gasteiger partial charge in [0, 0.05) is 37.2 Å². The lowest BCUT2D eigenvalue weighted by molar-refractivity contribution is -0.00785. The Bertz CT molecular complexity index is 880. The smallest absolute Gasteiger partial charge is 0.254 e. The van der Waals surface area contributed by atoms with Gasteiger partial charge in [-0.05, 0) is 49.2 Å². The third-order valence-electron chi connectivity index (χ3n) is 4.72. The Balaban J connectivity index is 1.40. The first kappa shape index (κ1) is 17.4.